The van der Waals surface area contributed by atoms with Gasteiger partial charge in [-0.3, -0.25) is 0 Å². The molecule has 1 aliphatic rings. The normalized spacial score (nSPS) is 17.1. The summed E-state index contributed by atoms with van der Waals surface area (Å²) in [5, 5.41) is 4.74. The van der Waals surface area contributed by atoms with Crippen LogP contribution in [0.15, 0.2) is 77.0 Å². The summed E-state index contributed by atoms with van der Waals surface area (Å²) in [4.78, 5) is 5.77. The maximum atomic E-state index is 13.0. The van der Waals surface area contributed by atoms with Crippen LogP contribution in [0.1, 0.15) is 30.1 Å². The predicted octanol–water partition coefficient (Wildman–Crippen LogP) is 3.84. The first-order valence-electron chi connectivity index (χ1n) is 10.7. The molecule has 2 heterocycles. The van der Waals surface area contributed by atoms with Crippen LogP contribution < -0.4 is 9.44 Å². The summed E-state index contributed by atoms with van der Waals surface area (Å²) in [5.41, 5.74) is 2.57. The number of benzene rings is 1. The lowest BCUT2D eigenvalue weighted by atomic mass is 9.97. The number of hydrogen-bond donors (Lipinski definition) is 3. The zero-order chi connectivity index (χ0) is 24.0. The number of thiol groups is 1. The van der Waals surface area contributed by atoms with Gasteiger partial charge < -0.3 is 0 Å². The number of allylic oxidation sites excluding steroid dienone is 1. The van der Waals surface area contributed by atoms with E-state index in [2.05, 4.69) is 9.44 Å². The third-order valence-corrected chi connectivity index (χ3v) is 9.15. The molecule has 0 spiro atoms. The van der Waals surface area contributed by atoms with Gasteiger partial charge in [0.25, 0.3) is 0 Å². The number of thiazole rings is 1. The van der Waals surface area contributed by atoms with Crippen LogP contribution in [0, 0.1) is 0 Å². The molecule has 4 rings (SSSR count). The Hall–Kier alpha value is -2.15. The summed E-state index contributed by atoms with van der Waals surface area (Å²) in [7, 11) is -6.25. The average Bonchev–Trinajstić information content (AvgIpc) is 3.51. The third-order valence-electron chi connectivity index (χ3n) is 5.32. The van der Waals surface area contributed by atoms with Crippen molar-refractivity contribution in [1.82, 2.24) is 14.4 Å². The lowest BCUT2D eigenvalue weighted by Gasteiger charge is -2.20. The minimum atomic E-state index is -3.58. The average molecular weight is 536 g/mol. The molecule has 3 aromatic rings. The number of sulfonamides is 1. The fraction of sp³-hybridized carbons (Fsp3) is 0.261. The molecule has 0 fully saturated rings. The molecule has 0 amide bonds. The summed E-state index contributed by atoms with van der Waals surface area (Å²) in [6.07, 6.45) is 6.93. The number of hydrogen-bond acceptors (Lipinski definition) is 7. The molecule has 2 atom stereocenters. The fourth-order valence-corrected chi connectivity index (χ4v) is 7.03. The maximum Gasteiger partial charge on any atom is 0.212 e. The quantitative estimate of drug-likeness (QED) is 0.324. The highest BCUT2D eigenvalue weighted by Crippen LogP contribution is 2.32. The van der Waals surface area contributed by atoms with Crippen LogP contribution in [0.25, 0.3) is 9.88 Å². The minimum absolute atomic E-state index is 0.0210. The van der Waals surface area contributed by atoms with Crippen molar-refractivity contribution >= 4 is 43.6 Å². The Bertz CT molecular complexity index is 1320. The summed E-state index contributed by atoms with van der Waals surface area (Å²) >= 11 is 3.08. The molecule has 7 nitrogen and oxygen atoms in total. The molecule has 0 radical (unpaired) electrons. The molecule has 0 saturated heterocycles. The summed E-state index contributed by atoms with van der Waals surface area (Å²) in [5.74, 6) is -0.0210. The Morgan fingerprint density at radius 3 is 2.62 bits per heavy atom. The molecule has 180 valence electrons. The summed E-state index contributed by atoms with van der Waals surface area (Å²) in [6.45, 7) is 0. The van der Waals surface area contributed by atoms with Gasteiger partial charge in [0, 0.05) is 11.4 Å². The van der Waals surface area contributed by atoms with Gasteiger partial charge in [-0.05, 0) is 36.3 Å². The first-order valence-corrected chi connectivity index (χ1v) is 15.3. The van der Waals surface area contributed by atoms with E-state index >= 15 is 0 Å². The van der Waals surface area contributed by atoms with E-state index in [0.29, 0.717) is 25.0 Å². The van der Waals surface area contributed by atoms with E-state index in [4.69, 9.17) is 4.98 Å². The van der Waals surface area contributed by atoms with Gasteiger partial charge in [0.15, 0.2) is 0 Å². The van der Waals surface area contributed by atoms with Crippen LogP contribution in [-0.4, -0.2) is 33.6 Å². The first kappa shape index (κ1) is 25.0. The Balaban J connectivity index is 1.51. The van der Waals surface area contributed by atoms with Crippen LogP contribution in [0.4, 0.5) is 0 Å². The molecule has 11 heteroatoms. The topological polar surface area (TPSA) is 105 Å². The molecule has 1 aliphatic carbocycles. The van der Waals surface area contributed by atoms with Gasteiger partial charge in [-0.25, -0.2) is 31.3 Å². The number of nitrogens with one attached hydrogen (secondary N) is 2. The van der Waals surface area contributed by atoms with Gasteiger partial charge in [0.05, 0.1) is 22.4 Å². The second-order valence-electron chi connectivity index (χ2n) is 7.85. The van der Waals surface area contributed by atoms with Crippen LogP contribution in [0.2, 0.25) is 0 Å². The van der Waals surface area contributed by atoms with Crippen molar-refractivity contribution in [2.24, 2.45) is 0 Å². The van der Waals surface area contributed by atoms with Gasteiger partial charge in [-0.1, -0.05) is 60.2 Å². The molecule has 0 aliphatic heterocycles. The van der Waals surface area contributed by atoms with Crippen LogP contribution >= 0.6 is 22.7 Å². The molecular formula is C23H25N3O4S4. The molecule has 1 aromatic carbocycles. The molecule has 2 aromatic heterocycles. The number of thiophene rings is 1. The van der Waals surface area contributed by atoms with Gasteiger partial charge >= 0.3 is 0 Å². The second kappa shape index (κ2) is 11.5. The highest BCUT2D eigenvalue weighted by atomic mass is 32.2. The smallest absolute Gasteiger partial charge is 0.212 e. The fourth-order valence-electron chi connectivity index (χ4n) is 3.62. The zero-order valence-corrected chi connectivity index (χ0v) is 21.5. The van der Waals surface area contributed by atoms with Crippen LogP contribution in [0.3, 0.4) is 0 Å². The minimum Gasteiger partial charge on any atom is -0.239 e. The molecular weight excluding hydrogens is 511 g/mol. The number of aromatic nitrogens is 1. The van der Waals surface area contributed by atoms with E-state index < -0.39 is 27.0 Å². The van der Waals surface area contributed by atoms with Gasteiger partial charge in [-0.2, -0.15) is 0 Å². The van der Waals surface area contributed by atoms with E-state index in [0.717, 1.165) is 21.0 Å². The molecule has 2 N–H and O–H groups in total. The Morgan fingerprint density at radius 1 is 1.12 bits per heavy atom. The van der Waals surface area contributed by atoms with Crippen molar-refractivity contribution in [2.45, 2.75) is 31.3 Å². The van der Waals surface area contributed by atoms with Crippen LogP contribution in [0.5, 0.6) is 0 Å². The van der Waals surface area contributed by atoms with E-state index in [-0.39, 0.29) is 11.8 Å². The highest BCUT2D eigenvalue weighted by Gasteiger charge is 2.24. The lowest BCUT2D eigenvalue weighted by molar-refractivity contribution is 0.549. The monoisotopic (exact) mass is 535 g/mol. The standard InChI is InChI=1S/C23H25N3O4S4/c27-33(28)25-19-10-8-18(9-11-19)15-20(21-16-32-23(24-21)22-7-4-13-31-22)26-34(29,30)14-12-17-5-2-1-3-6-17/h1-10,13,16,19-20,26,33H,11-12,14-15H2,(H,25,27,28)/t19?,20-/m0/s1. The molecule has 1 unspecified atom stereocenters. The number of rotatable bonds is 11. The van der Waals surface area contributed by atoms with Crippen molar-refractivity contribution in [3.05, 3.63) is 88.3 Å². The zero-order valence-electron chi connectivity index (χ0n) is 18.2. The summed E-state index contributed by atoms with van der Waals surface area (Å²) < 4.78 is 53.2. The Labute approximate surface area is 209 Å². The van der Waals surface area contributed by atoms with Gasteiger partial charge in [0.1, 0.15) is 5.01 Å². The van der Waals surface area contributed by atoms with Gasteiger partial charge in [-0.15, -0.1) is 22.7 Å². The maximum absolute atomic E-state index is 13.0. The van der Waals surface area contributed by atoms with Crippen molar-refractivity contribution in [1.29, 1.82) is 0 Å². The third kappa shape index (κ3) is 7.17. The number of nitrogens with zero attached hydrogens (tertiary/aromatic N) is 1. The predicted molar refractivity (Wildman–Crippen MR) is 139 cm³/mol. The SMILES string of the molecule is O=[SH](=O)NC1C=CC(C[C@H](NS(=O)(=O)CCc2ccccc2)c2csc(-c3cccs3)n2)=CC1. The van der Waals surface area contributed by atoms with Crippen molar-refractivity contribution in [3.63, 3.8) is 0 Å². The summed E-state index contributed by atoms with van der Waals surface area (Å²) in [6, 6.07) is 12.7. The van der Waals surface area contributed by atoms with Crippen molar-refractivity contribution < 1.29 is 16.8 Å². The van der Waals surface area contributed by atoms with Crippen molar-refractivity contribution in [2.75, 3.05) is 5.75 Å². The largest absolute Gasteiger partial charge is 0.239 e. The Kier molecular flexibility index (Phi) is 8.46. The molecule has 0 bridgehead atoms. The lowest BCUT2D eigenvalue weighted by Crippen LogP contribution is -2.32. The van der Waals surface area contributed by atoms with E-state index in [1.165, 1.54) is 11.3 Å². The van der Waals surface area contributed by atoms with Crippen molar-refractivity contribution in [3.8, 4) is 9.88 Å². The van der Waals surface area contributed by atoms with Crippen LogP contribution in [-0.2, 0) is 27.3 Å². The first-order chi connectivity index (χ1) is 16.4. The van der Waals surface area contributed by atoms with E-state index in [1.54, 1.807) is 17.4 Å². The highest BCUT2D eigenvalue weighted by molar-refractivity contribution is 7.89. The van der Waals surface area contributed by atoms with Gasteiger partial charge in [0.2, 0.25) is 20.9 Å². The number of aryl methyl sites for hydroxylation is 1. The molecule has 0 saturated carbocycles. The second-order valence-corrected chi connectivity index (χ2v) is 12.3. The van der Waals surface area contributed by atoms with E-state index in [9.17, 15) is 16.8 Å². The van der Waals surface area contributed by atoms with E-state index in [1.807, 2.05) is 65.4 Å². The molecule has 34 heavy (non-hydrogen) atoms. The Morgan fingerprint density at radius 2 is 1.94 bits per heavy atom.